The maximum Gasteiger partial charge on any atom is 0.164 e. The molecule has 1 N–H and O–H groups in total. The third kappa shape index (κ3) is 3.78. The van der Waals surface area contributed by atoms with Crippen LogP contribution in [0.25, 0.3) is 11.4 Å². The van der Waals surface area contributed by atoms with Crippen LogP contribution in [0.5, 0.6) is 5.75 Å². The van der Waals surface area contributed by atoms with Gasteiger partial charge in [-0.05, 0) is 13.0 Å². The van der Waals surface area contributed by atoms with Crippen molar-refractivity contribution in [3.05, 3.63) is 70.5 Å². The van der Waals surface area contributed by atoms with Gasteiger partial charge in [-0.15, -0.1) is 0 Å². The molecule has 0 amide bonds. The summed E-state index contributed by atoms with van der Waals surface area (Å²) in [6.07, 6.45) is 4.47. The molecule has 9 heteroatoms. The van der Waals surface area contributed by atoms with Crippen LogP contribution in [0, 0.1) is 11.6 Å². The summed E-state index contributed by atoms with van der Waals surface area (Å²) in [5.74, 6) is -1.69. The van der Waals surface area contributed by atoms with Crippen LogP contribution in [-0.2, 0) is 0 Å². The molecule has 0 spiro atoms. The first kappa shape index (κ1) is 20.4. The van der Waals surface area contributed by atoms with Crippen molar-refractivity contribution in [2.75, 3.05) is 13.2 Å². The fourth-order valence-electron chi connectivity index (χ4n) is 2.92. The number of benzene rings is 1. The molecule has 1 aromatic heterocycles. The van der Waals surface area contributed by atoms with Crippen molar-refractivity contribution in [1.82, 2.24) is 14.7 Å². The second-order valence-electron chi connectivity index (χ2n) is 5.89. The highest BCUT2D eigenvalue weighted by molar-refractivity contribution is 6.31. The fraction of sp³-hybridized carbons (Fsp3) is 0.211. The summed E-state index contributed by atoms with van der Waals surface area (Å²) in [7, 11) is 0. The molecule has 1 aliphatic rings. The fourth-order valence-corrected chi connectivity index (χ4v) is 3.27. The van der Waals surface area contributed by atoms with Gasteiger partial charge in [-0.3, -0.25) is 0 Å². The first-order valence-corrected chi connectivity index (χ1v) is 9.12. The Balaban J connectivity index is 2.25. The van der Waals surface area contributed by atoms with E-state index in [2.05, 4.69) is 11.7 Å². The van der Waals surface area contributed by atoms with Gasteiger partial charge >= 0.3 is 0 Å². The normalized spacial score (nSPS) is 17.0. The van der Waals surface area contributed by atoms with Crippen molar-refractivity contribution in [2.24, 2.45) is 0 Å². The van der Waals surface area contributed by atoms with E-state index in [4.69, 9.17) is 27.9 Å². The molecule has 1 unspecified atom stereocenters. The van der Waals surface area contributed by atoms with Crippen molar-refractivity contribution < 1.29 is 18.6 Å². The topological polar surface area (TPSA) is 50.5 Å². The number of hydrogen-bond donors (Lipinski definition) is 1. The molecule has 2 heterocycles. The van der Waals surface area contributed by atoms with Gasteiger partial charge < -0.3 is 14.7 Å². The number of halogens is 4. The molecule has 0 saturated carbocycles. The molecule has 28 heavy (non-hydrogen) atoms. The molecule has 148 valence electrons. The quantitative estimate of drug-likeness (QED) is 0.690. The smallest absolute Gasteiger partial charge is 0.164 e. The lowest BCUT2D eigenvalue weighted by Crippen LogP contribution is -2.38. The maximum atomic E-state index is 15.0. The van der Waals surface area contributed by atoms with Crippen LogP contribution in [-0.4, -0.2) is 39.2 Å². The summed E-state index contributed by atoms with van der Waals surface area (Å²) in [6, 6.07) is 2.14. The molecular weight excluding hydrogens is 411 g/mol. The number of aliphatic hydroxyl groups is 1. The average molecular weight is 428 g/mol. The molecule has 0 saturated heterocycles. The van der Waals surface area contributed by atoms with Gasteiger partial charge in [-0.2, -0.15) is 5.10 Å². The third-order valence-corrected chi connectivity index (χ3v) is 4.60. The minimum Gasteiger partial charge on any atom is -0.489 e. The lowest BCUT2D eigenvalue weighted by molar-refractivity contribution is 0.0862. The minimum absolute atomic E-state index is 0.0240. The van der Waals surface area contributed by atoms with E-state index in [1.54, 1.807) is 6.92 Å². The van der Waals surface area contributed by atoms with Gasteiger partial charge in [0, 0.05) is 24.9 Å². The standard InChI is InChI=1S/C19H17Cl2F2N3O2/c1-3-5-28-12-6-14(22)17(15(23)7-12)18-16(26-10-11(20)9-24-26)8-13(21)19(27)25(18)4-2/h3,6-10,19,27H,1,4-5H2,2H3. The van der Waals surface area contributed by atoms with Gasteiger partial charge in [-0.1, -0.05) is 35.9 Å². The number of aliphatic hydroxyl groups excluding tert-OH is 1. The Morgan fingerprint density at radius 3 is 2.54 bits per heavy atom. The van der Waals surface area contributed by atoms with Crippen molar-refractivity contribution in [2.45, 2.75) is 13.2 Å². The summed E-state index contributed by atoms with van der Waals surface area (Å²) >= 11 is 12.1. The van der Waals surface area contributed by atoms with Crippen LogP contribution < -0.4 is 4.74 Å². The second kappa shape index (κ2) is 8.34. The highest BCUT2D eigenvalue weighted by Crippen LogP contribution is 2.39. The van der Waals surface area contributed by atoms with Crippen molar-refractivity contribution in [3.63, 3.8) is 0 Å². The van der Waals surface area contributed by atoms with Gasteiger partial charge in [-0.25, -0.2) is 13.5 Å². The van der Waals surface area contributed by atoms with Crippen LogP contribution in [0.4, 0.5) is 8.78 Å². The molecular formula is C19H17Cl2F2N3O2. The molecule has 2 aromatic rings. The zero-order valence-electron chi connectivity index (χ0n) is 14.9. The Labute approximate surface area is 170 Å². The molecule has 0 aliphatic carbocycles. The van der Waals surface area contributed by atoms with Gasteiger partial charge in [0.2, 0.25) is 0 Å². The number of allylic oxidation sites excluding steroid dienone is 2. The van der Waals surface area contributed by atoms with Crippen LogP contribution in [0.1, 0.15) is 12.5 Å². The largest absolute Gasteiger partial charge is 0.489 e. The van der Waals surface area contributed by atoms with Gasteiger partial charge in [0.05, 0.1) is 33.2 Å². The first-order valence-electron chi connectivity index (χ1n) is 8.37. The van der Waals surface area contributed by atoms with E-state index in [1.807, 2.05) is 0 Å². The highest BCUT2D eigenvalue weighted by atomic mass is 35.5. The maximum absolute atomic E-state index is 15.0. The third-order valence-electron chi connectivity index (χ3n) is 4.11. The summed E-state index contributed by atoms with van der Waals surface area (Å²) < 4.78 is 36.5. The zero-order valence-corrected chi connectivity index (χ0v) is 16.4. The number of rotatable bonds is 6. The molecule has 0 radical (unpaired) electrons. The van der Waals surface area contributed by atoms with Crippen LogP contribution in [0.3, 0.4) is 0 Å². The second-order valence-corrected chi connectivity index (χ2v) is 6.76. The molecule has 0 bridgehead atoms. The number of ether oxygens (including phenoxy) is 1. The van der Waals surface area contributed by atoms with E-state index < -0.39 is 17.9 Å². The number of hydrogen-bond acceptors (Lipinski definition) is 4. The summed E-state index contributed by atoms with van der Waals surface area (Å²) in [6.45, 7) is 5.56. The molecule has 1 aliphatic heterocycles. The predicted octanol–water partition coefficient (Wildman–Crippen LogP) is 4.48. The predicted molar refractivity (Wildman–Crippen MR) is 105 cm³/mol. The zero-order chi connectivity index (χ0) is 20.4. The minimum atomic E-state index is -1.26. The van der Waals surface area contributed by atoms with E-state index in [0.29, 0.717) is 5.02 Å². The van der Waals surface area contributed by atoms with Gasteiger partial charge in [0.25, 0.3) is 0 Å². The number of nitrogens with zero attached hydrogens (tertiary/aromatic N) is 3. The SMILES string of the molecule is C=CCOc1cc(F)c(C2=C(n3cc(Cl)cn3)C=C(Cl)C(O)N2CC)c(F)c1. The summed E-state index contributed by atoms with van der Waals surface area (Å²) in [4.78, 5) is 1.37. The van der Waals surface area contributed by atoms with E-state index in [0.717, 1.165) is 12.1 Å². The van der Waals surface area contributed by atoms with E-state index in [9.17, 15) is 13.9 Å². The van der Waals surface area contributed by atoms with Crippen molar-refractivity contribution >= 4 is 34.6 Å². The average Bonchev–Trinajstić information content (AvgIpc) is 3.08. The Kier molecular flexibility index (Phi) is 6.07. The first-order chi connectivity index (χ1) is 13.4. The Morgan fingerprint density at radius 1 is 1.32 bits per heavy atom. The highest BCUT2D eigenvalue weighted by Gasteiger charge is 2.32. The molecule has 1 aromatic carbocycles. The van der Waals surface area contributed by atoms with Gasteiger partial charge in [0.15, 0.2) is 6.23 Å². The van der Waals surface area contributed by atoms with Crippen molar-refractivity contribution in [1.29, 1.82) is 0 Å². The lowest BCUT2D eigenvalue weighted by atomic mass is 10.0. The van der Waals surface area contributed by atoms with E-state index in [1.165, 1.54) is 34.1 Å². The number of likely N-dealkylation sites (N-methyl/N-ethyl adjacent to an activating group) is 1. The van der Waals surface area contributed by atoms with Crippen LogP contribution in [0.2, 0.25) is 5.02 Å². The van der Waals surface area contributed by atoms with Crippen LogP contribution >= 0.6 is 23.2 Å². The molecule has 3 rings (SSSR count). The number of aromatic nitrogens is 2. The van der Waals surface area contributed by atoms with E-state index in [-0.39, 0.29) is 40.9 Å². The Morgan fingerprint density at radius 2 is 2.00 bits per heavy atom. The molecule has 1 atom stereocenters. The lowest BCUT2D eigenvalue weighted by Gasteiger charge is -2.35. The molecule has 0 fully saturated rings. The van der Waals surface area contributed by atoms with Crippen LogP contribution in [0.15, 0.2) is 48.3 Å². The Hall–Kier alpha value is -2.35. The van der Waals surface area contributed by atoms with Crippen molar-refractivity contribution in [3.8, 4) is 5.75 Å². The van der Waals surface area contributed by atoms with Gasteiger partial charge in [0.1, 0.15) is 24.0 Å². The summed E-state index contributed by atoms with van der Waals surface area (Å²) in [5.41, 5.74) is 0.0138. The molecule has 5 nitrogen and oxygen atoms in total. The summed E-state index contributed by atoms with van der Waals surface area (Å²) in [5, 5.41) is 15.0. The monoisotopic (exact) mass is 427 g/mol. The van der Waals surface area contributed by atoms with E-state index >= 15 is 0 Å². The Bertz CT molecular complexity index is 949.